The number of likely N-dealkylation sites (N-methyl/N-ethyl adjacent to an activating group) is 1. The van der Waals surface area contributed by atoms with Crippen molar-refractivity contribution in [3.63, 3.8) is 0 Å². The first-order valence-electron chi connectivity index (χ1n) is 6.30. The number of hydrogen-bond donors (Lipinski definition) is 1. The summed E-state index contributed by atoms with van der Waals surface area (Å²) in [5, 5.41) is 7.71. The van der Waals surface area contributed by atoms with Gasteiger partial charge in [0.2, 0.25) is 5.91 Å². The fourth-order valence-corrected chi connectivity index (χ4v) is 2.04. The minimum absolute atomic E-state index is 0.192. The van der Waals surface area contributed by atoms with E-state index in [4.69, 9.17) is 0 Å². The van der Waals surface area contributed by atoms with Crippen molar-refractivity contribution in [3.05, 3.63) is 0 Å². The van der Waals surface area contributed by atoms with Crippen LogP contribution in [-0.2, 0) is 4.79 Å². The third-order valence-corrected chi connectivity index (χ3v) is 3.30. The summed E-state index contributed by atoms with van der Waals surface area (Å²) in [6.45, 7) is 3.44. The second-order valence-corrected chi connectivity index (χ2v) is 4.62. The molecule has 1 aliphatic rings. The van der Waals surface area contributed by atoms with Gasteiger partial charge in [-0.1, -0.05) is 19.3 Å². The molecule has 0 unspecified atom stereocenters. The highest BCUT2D eigenvalue weighted by Crippen LogP contribution is 2.17. The van der Waals surface area contributed by atoms with Crippen molar-refractivity contribution in [2.45, 2.75) is 38.1 Å². The monoisotopic (exact) mass is 254 g/mol. The van der Waals surface area contributed by atoms with Gasteiger partial charge in [-0.3, -0.25) is 9.69 Å². The molecule has 0 spiro atoms. The van der Waals surface area contributed by atoms with E-state index < -0.39 is 6.03 Å². The molecule has 0 bridgehead atoms. The minimum Gasteiger partial charge on any atom is -0.306 e. The van der Waals surface area contributed by atoms with Crippen molar-refractivity contribution < 1.29 is 9.59 Å². The quantitative estimate of drug-likeness (QED) is 0.602. The molecule has 0 aromatic rings. The molecule has 3 amide bonds. The molecule has 0 aliphatic heterocycles. The summed E-state index contributed by atoms with van der Waals surface area (Å²) < 4.78 is 0. The summed E-state index contributed by atoms with van der Waals surface area (Å²) >= 11 is 0. The average Bonchev–Trinajstić information content (AvgIpc) is 2.43. The van der Waals surface area contributed by atoms with Gasteiger partial charge in [-0.05, 0) is 12.8 Å². The van der Waals surface area contributed by atoms with E-state index in [2.05, 4.69) is 17.1 Å². The van der Waals surface area contributed by atoms with Crippen molar-refractivity contribution in [1.29, 1.82) is 0 Å². The van der Waals surface area contributed by atoms with Gasteiger partial charge in [0.15, 0.2) is 0 Å². The lowest BCUT2D eigenvalue weighted by atomic mass is 9.95. The summed E-state index contributed by atoms with van der Waals surface area (Å²) in [5.41, 5.74) is 0. The first kappa shape index (κ1) is 14.6. The van der Waals surface area contributed by atoms with Gasteiger partial charge in [0, 0.05) is 26.9 Å². The van der Waals surface area contributed by atoms with E-state index in [9.17, 15) is 9.59 Å². The summed E-state index contributed by atoms with van der Waals surface area (Å²) in [5.74, 6) is -0.249. The molecular weight excluding hydrogens is 232 g/mol. The molecule has 1 N–H and O–H groups in total. The number of nitrogens with one attached hydrogen (secondary N) is 1. The number of urea groups is 1. The molecule has 1 fully saturated rings. The molecule has 1 rings (SSSR count). The fraction of sp³-hybridized carbons (Fsp3) is 0.750. The van der Waals surface area contributed by atoms with Gasteiger partial charge in [0.05, 0.1) is 6.54 Å². The number of hydrazone groups is 1. The maximum atomic E-state index is 11.8. The van der Waals surface area contributed by atoms with Crippen molar-refractivity contribution in [2.24, 2.45) is 5.10 Å². The van der Waals surface area contributed by atoms with Gasteiger partial charge >= 0.3 is 6.03 Å². The fourth-order valence-electron chi connectivity index (χ4n) is 2.04. The van der Waals surface area contributed by atoms with E-state index in [-0.39, 0.29) is 12.5 Å². The number of hydrogen-bond acceptors (Lipinski definition) is 4. The van der Waals surface area contributed by atoms with Gasteiger partial charge < -0.3 is 5.32 Å². The largest absolute Gasteiger partial charge is 0.346 e. The Kier molecular flexibility index (Phi) is 5.77. The molecule has 0 aromatic heterocycles. The van der Waals surface area contributed by atoms with Crippen LogP contribution >= 0.6 is 0 Å². The van der Waals surface area contributed by atoms with E-state index in [1.807, 2.05) is 0 Å². The Balaban J connectivity index is 2.35. The maximum Gasteiger partial charge on any atom is 0.346 e. The third-order valence-electron chi connectivity index (χ3n) is 3.30. The van der Waals surface area contributed by atoms with E-state index in [0.29, 0.717) is 6.04 Å². The van der Waals surface area contributed by atoms with Crippen molar-refractivity contribution in [1.82, 2.24) is 15.2 Å². The van der Waals surface area contributed by atoms with Crippen LogP contribution in [-0.4, -0.2) is 55.2 Å². The Morgan fingerprint density at radius 1 is 1.28 bits per heavy atom. The van der Waals surface area contributed by atoms with E-state index in [1.165, 1.54) is 33.4 Å². The maximum absolute atomic E-state index is 11.8. The van der Waals surface area contributed by atoms with Gasteiger partial charge in [0.25, 0.3) is 0 Å². The van der Waals surface area contributed by atoms with Crippen molar-refractivity contribution in [3.8, 4) is 0 Å². The van der Waals surface area contributed by atoms with Crippen LogP contribution in [0.3, 0.4) is 0 Å². The van der Waals surface area contributed by atoms with Crippen LogP contribution in [0.5, 0.6) is 0 Å². The van der Waals surface area contributed by atoms with Gasteiger partial charge in [-0.25, -0.2) is 9.80 Å². The summed E-state index contributed by atoms with van der Waals surface area (Å²) in [7, 11) is 2.92. The average molecular weight is 254 g/mol. The Hall–Kier alpha value is -1.43. The van der Waals surface area contributed by atoms with Crippen LogP contribution in [0.1, 0.15) is 32.1 Å². The number of amides is 3. The number of nitrogens with zero attached hydrogens (tertiary/aromatic N) is 3. The minimum atomic E-state index is -0.472. The van der Waals surface area contributed by atoms with Crippen LogP contribution < -0.4 is 5.32 Å². The van der Waals surface area contributed by atoms with Crippen LogP contribution in [0.25, 0.3) is 0 Å². The summed E-state index contributed by atoms with van der Waals surface area (Å²) in [6, 6.07) is -0.0677. The molecule has 102 valence electrons. The Morgan fingerprint density at radius 3 is 2.44 bits per heavy atom. The van der Waals surface area contributed by atoms with Gasteiger partial charge in [-0.15, -0.1) is 0 Å². The molecule has 1 aliphatic carbocycles. The van der Waals surface area contributed by atoms with Gasteiger partial charge in [-0.2, -0.15) is 5.10 Å². The highest BCUT2D eigenvalue weighted by atomic mass is 16.2. The predicted molar refractivity (Wildman–Crippen MR) is 70.4 cm³/mol. The number of imide groups is 1. The molecular formula is C12H22N4O2. The molecule has 1 saturated carbocycles. The number of carbonyl (C=O) groups excluding carboxylic acids is 2. The molecule has 6 nitrogen and oxygen atoms in total. The van der Waals surface area contributed by atoms with Crippen LogP contribution in [0.2, 0.25) is 0 Å². The van der Waals surface area contributed by atoms with E-state index in [1.54, 1.807) is 0 Å². The normalized spacial score (nSPS) is 16.1. The first-order valence-corrected chi connectivity index (χ1v) is 6.30. The Morgan fingerprint density at radius 2 is 1.89 bits per heavy atom. The van der Waals surface area contributed by atoms with E-state index in [0.717, 1.165) is 22.8 Å². The summed E-state index contributed by atoms with van der Waals surface area (Å²) in [6.07, 6.45) is 5.92. The molecule has 6 heteroatoms. The second-order valence-electron chi connectivity index (χ2n) is 4.62. The second kappa shape index (κ2) is 7.10. The summed E-state index contributed by atoms with van der Waals surface area (Å²) in [4.78, 5) is 24.5. The molecule has 0 aromatic carbocycles. The smallest absolute Gasteiger partial charge is 0.306 e. The third kappa shape index (κ3) is 4.10. The predicted octanol–water partition coefficient (Wildman–Crippen LogP) is 1.03. The number of carbonyl (C=O) groups is 2. The SMILES string of the molecule is C=NN(C)C(=O)N(C)C(=O)CNC1CCCCC1. The highest BCUT2D eigenvalue weighted by molar-refractivity contribution is 5.94. The molecule has 0 radical (unpaired) electrons. The lowest BCUT2D eigenvalue weighted by Gasteiger charge is -2.24. The van der Waals surface area contributed by atoms with Crippen LogP contribution in [0, 0.1) is 0 Å². The van der Waals surface area contributed by atoms with E-state index >= 15 is 0 Å². The lowest BCUT2D eigenvalue weighted by molar-refractivity contribution is -0.126. The lowest BCUT2D eigenvalue weighted by Crippen LogP contribution is -2.46. The topological polar surface area (TPSA) is 65.0 Å². The van der Waals surface area contributed by atoms with Gasteiger partial charge in [0.1, 0.15) is 0 Å². The van der Waals surface area contributed by atoms with Crippen molar-refractivity contribution >= 4 is 18.7 Å². The molecule has 0 saturated heterocycles. The molecule has 18 heavy (non-hydrogen) atoms. The standard InChI is InChI=1S/C12H22N4O2/c1-13-16(3)12(18)15(2)11(17)9-14-10-7-5-4-6-8-10/h10,14H,1,4-9H2,2-3H3. The molecule has 0 heterocycles. The zero-order valence-electron chi connectivity index (χ0n) is 11.2. The zero-order valence-corrected chi connectivity index (χ0v) is 11.2. The number of rotatable bonds is 4. The first-order chi connectivity index (χ1) is 8.56. The molecule has 0 atom stereocenters. The van der Waals surface area contributed by atoms with Crippen molar-refractivity contribution in [2.75, 3.05) is 20.6 Å². The van der Waals surface area contributed by atoms with Crippen LogP contribution in [0.15, 0.2) is 5.10 Å². The Bertz CT molecular complexity index is 313. The van der Waals surface area contributed by atoms with Crippen LogP contribution in [0.4, 0.5) is 4.79 Å². The Labute approximate surface area is 108 Å². The zero-order chi connectivity index (χ0) is 13.5. The highest BCUT2D eigenvalue weighted by Gasteiger charge is 2.21.